The summed E-state index contributed by atoms with van der Waals surface area (Å²) in [5, 5.41) is 11.9. The van der Waals surface area contributed by atoms with Gasteiger partial charge in [-0.05, 0) is 6.42 Å². The third-order valence-corrected chi connectivity index (χ3v) is 3.26. The maximum absolute atomic E-state index is 12.2. The number of anilines is 1. The summed E-state index contributed by atoms with van der Waals surface area (Å²) >= 11 is 0. The van der Waals surface area contributed by atoms with Gasteiger partial charge in [0.15, 0.2) is 0 Å². The van der Waals surface area contributed by atoms with Gasteiger partial charge in [0.2, 0.25) is 0 Å². The summed E-state index contributed by atoms with van der Waals surface area (Å²) in [4.78, 5) is 22.4. The van der Waals surface area contributed by atoms with Crippen molar-refractivity contribution < 1.29 is 9.90 Å². The molecule has 6 nitrogen and oxygen atoms in total. The number of nitrogens with one attached hydrogen (secondary N) is 1. The fraction of sp³-hybridized carbons (Fsp3) is 0.688. The zero-order valence-electron chi connectivity index (χ0n) is 14.1. The lowest BCUT2D eigenvalue weighted by atomic mass is 9.96. The van der Waals surface area contributed by atoms with Gasteiger partial charge in [-0.1, -0.05) is 40.5 Å². The van der Waals surface area contributed by atoms with Crippen LogP contribution in [0, 0.1) is 0 Å². The highest BCUT2D eigenvalue weighted by molar-refractivity contribution is 5.88. The zero-order valence-corrected chi connectivity index (χ0v) is 14.1. The minimum Gasteiger partial charge on any atom is -0.395 e. The van der Waals surface area contributed by atoms with Crippen LogP contribution in [0.15, 0.2) is 12.4 Å². The molecule has 0 aliphatic heterocycles. The summed E-state index contributed by atoms with van der Waals surface area (Å²) in [6.45, 7) is 9.16. The number of unbranched alkanes of at least 4 members (excludes halogenated alkanes) is 2. The van der Waals surface area contributed by atoms with E-state index in [-0.39, 0.29) is 18.1 Å². The number of hydrogen-bond donors (Lipinski definition) is 2. The highest BCUT2D eigenvalue weighted by Gasteiger charge is 2.17. The van der Waals surface area contributed by atoms with Gasteiger partial charge in [-0.2, -0.15) is 0 Å². The van der Waals surface area contributed by atoms with Gasteiger partial charge in [-0.25, -0.2) is 14.8 Å². The van der Waals surface area contributed by atoms with Crippen molar-refractivity contribution in [3.8, 4) is 0 Å². The highest BCUT2D eigenvalue weighted by Crippen LogP contribution is 2.18. The van der Waals surface area contributed by atoms with Gasteiger partial charge >= 0.3 is 6.03 Å². The normalized spacial score (nSPS) is 11.3. The van der Waals surface area contributed by atoms with Crippen LogP contribution in [-0.2, 0) is 5.41 Å². The number of nitrogens with zero attached hydrogens (tertiary/aromatic N) is 3. The van der Waals surface area contributed by atoms with Gasteiger partial charge in [0.25, 0.3) is 0 Å². The van der Waals surface area contributed by atoms with Crippen molar-refractivity contribution in [3.63, 3.8) is 0 Å². The molecule has 1 rings (SSSR count). The predicted molar refractivity (Wildman–Crippen MR) is 87.9 cm³/mol. The Labute approximate surface area is 133 Å². The second-order valence-corrected chi connectivity index (χ2v) is 6.39. The van der Waals surface area contributed by atoms with E-state index in [2.05, 4.69) is 22.2 Å². The first kappa shape index (κ1) is 18.4. The summed E-state index contributed by atoms with van der Waals surface area (Å²) in [5.41, 5.74) is 0.447. The molecule has 0 atom stereocenters. The van der Waals surface area contributed by atoms with E-state index in [1.165, 1.54) is 0 Å². The monoisotopic (exact) mass is 308 g/mol. The lowest BCUT2D eigenvalue weighted by Gasteiger charge is -2.22. The Hall–Kier alpha value is -1.69. The lowest BCUT2D eigenvalue weighted by Crippen LogP contribution is -2.37. The molecule has 1 aromatic rings. The number of aromatic nitrogens is 2. The second kappa shape index (κ2) is 8.68. The minimum atomic E-state index is -0.225. The number of aliphatic hydroxyl groups is 1. The third-order valence-electron chi connectivity index (χ3n) is 3.26. The molecule has 0 unspecified atom stereocenters. The van der Waals surface area contributed by atoms with Gasteiger partial charge in [0, 0.05) is 18.5 Å². The molecule has 0 spiro atoms. The third kappa shape index (κ3) is 5.97. The molecule has 0 radical (unpaired) electrons. The van der Waals surface area contributed by atoms with Crippen LogP contribution in [-0.4, -0.2) is 45.7 Å². The van der Waals surface area contributed by atoms with Crippen LogP contribution in [0.25, 0.3) is 0 Å². The van der Waals surface area contributed by atoms with E-state index in [9.17, 15) is 4.79 Å². The second-order valence-electron chi connectivity index (χ2n) is 6.39. The van der Waals surface area contributed by atoms with E-state index in [1.54, 1.807) is 17.3 Å². The Morgan fingerprint density at radius 3 is 2.36 bits per heavy atom. The van der Waals surface area contributed by atoms with Crippen molar-refractivity contribution in [2.75, 3.05) is 25.0 Å². The zero-order chi connectivity index (χ0) is 16.6. The fourth-order valence-electron chi connectivity index (χ4n) is 1.97. The number of carbonyl (C=O) groups excluding carboxylic acids is 1. The molecule has 22 heavy (non-hydrogen) atoms. The number of hydrogen-bond acceptors (Lipinski definition) is 4. The first-order valence-electron chi connectivity index (χ1n) is 7.87. The molecule has 0 saturated heterocycles. The average molecular weight is 308 g/mol. The van der Waals surface area contributed by atoms with Crippen molar-refractivity contribution in [1.29, 1.82) is 0 Å². The lowest BCUT2D eigenvalue weighted by molar-refractivity contribution is 0.187. The molecular formula is C16H28N4O2. The number of amides is 2. The van der Waals surface area contributed by atoms with Crippen molar-refractivity contribution in [1.82, 2.24) is 14.9 Å². The van der Waals surface area contributed by atoms with Crippen LogP contribution in [0.3, 0.4) is 0 Å². The highest BCUT2D eigenvalue weighted by atomic mass is 16.3. The molecule has 2 amide bonds. The Balaban J connectivity index is 2.64. The maximum Gasteiger partial charge on any atom is 0.322 e. The molecule has 1 aromatic heterocycles. The van der Waals surface area contributed by atoms with Crippen molar-refractivity contribution in [3.05, 3.63) is 18.2 Å². The van der Waals surface area contributed by atoms with Crippen molar-refractivity contribution in [2.45, 2.75) is 52.4 Å². The topological polar surface area (TPSA) is 78.4 Å². The molecule has 6 heteroatoms. The standard InChI is InChI=1S/C16H28N4O2/c1-5-6-7-8-20(9-10-21)15(22)19-13-11-17-14(18-12-13)16(2,3)4/h11-12,21H,5-10H2,1-4H3,(H,19,22). The first-order valence-corrected chi connectivity index (χ1v) is 7.87. The molecule has 0 aliphatic rings. The molecule has 0 saturated carbocycles. The molecule has 0 fully saturated rings. The van der Waals surface area contributed by atoms with Gasteiger partial charge in [0.1, 0.15) is 5.82 Å². The van der Waals surface area contributed by atoms with E-state index < -0.39 is 0 Å². The van der Waals surface area contributed by atoms with Gasteiger partial charge in [0.05, 0.1) is 24.7 Å². The summed E-state index contributed by atoms with van der Waals surface area (Å²) in [7, 11) is 0. The van der Waals surface area contributed by atoms with Crippen LogP contribution in [0.1, 0.15) is 52.8 Å². The van der Waals surface area contributed by atoms with Crippen LogP contribution in [0.4, 0.5) is 10.5 Å². The first-order chi connectivity index (χ1) is 10.4. The Morgan fingerprint density at radius 1 is 1.23 bits per heavy atom. The summed E-state index contributed by atoms with van der Waals surface area (Å²) in [6.07, 6.45) is 6.34. The summed E-state index contributed by atoms with van der Waals surface area (Å²) in [5.74, 6) is 0.737. The Bertz CT molecular complexity index is 454. The van der Waals surface area contributed by atoms with Crippen LogP contribution < -0.4 is 5.32 Å². The van der Waals surface area contributed by atoms with E-state index in [1.807, 2.05) is 20.8 Å². The summed E-state index contributed by atoms with van der Waals surface area (Å²) in [6, 6.07) is -0.225. The number of aliphatic hydroxyl groups excluding tert-OH is 1. The summed E-state index contributed by atoms with van der Waals surface area (Å²) < 4.78 is 0. The smallest absolute Gasteiger partial charge is 0.322 e. The van der Waals surface area contributed by atoms with Gasteiger partial charge in [-0.3, -0.25) is 0 Å². The van der Waals surface area contributed by atoms with E-state index in [0.29, 0.717) is 18.8 Å². The van der Waals surface area contributed by atoms with Crippen LogP contribution in [0.2, 0.25) is 0 Å². The van der Waals surface area contributed by atoms with E-state index >= 15 is 0 Å². The van der Waals surface area contributed by atoms with Gasteiger partial charge < -0.3 is 15.3 Å². The molecule has 1 heterocycles. The minimum absolute atomic E-state index is 0.0427. The molecule has 0 aromatic carbocycles. The van der Waals surface area contributed by atoms with Crippen LogP contribution in [0.5, 0.6) is 0 Å². The number of carbonyl (C=O) groups is 1. The van der Waals surface area contributed by atoms with E-state index in [4.69, 9.17) is 5.11 Å². The average Bonchev–Trinajstić information content (AvgIpc) is 2.46. The number of rotatable bonds is 7. The Kier molecular flexibility index (Phi) is 7.24. The fourth-order valence-corrected chi connectivity index (χ4v) is 1.97. The molecule has 124 valence electrons. The van der Waals surface area contributed by atoms with Crippen molar-refractivity contribution >= 4 is 11.7 Å². The SMILES string of the molecule is CCCCCN(CCO)C(=O)Nc1cnc(C(C)(C)C)nc1. The molecule has 2 N–H and O–H groups in total. The molecule has 0 bridgehead atoms. The Morgan fingerprint density at radius 2 is 1.86 bits per heavy atom. The number of urea groups is 1. The largest absolute Gasteiger partial charge is 0.395 e. The predicted octanol–water partition coefficient (Wildman–Crippen LogP) is 2.79. The van der Waals surface area contributed by atoms with E-state index in [0.717, 1.165) is 25.1 Å². The maximum atomic E-state index is 12.2. The van der Waals surface area contributed by atoms with Crippen molar-refractivity contribution in [2.24, 2.45) is 0 Å². The van der Waals surface area contributed by atoms with Crippen LogP contribution >= 0.6 is 0 Å². The molecular weight excluding hydrogens is 280 g/mol. The van der Waals surface area contributed by atoms with Gasteiger partial charge in [-0.15, -0.1) is 0 Å². The molecule has 0 aliphatic carbocycles. The quantitative estimate of drug-likeness (QED) is 0.759.